The van der Waals surface area contributed by atoms with Gasteiger partial charge in [0.25, 0.3) is 11.8 Å². The number of carbonyl (C=O) groups is 4. The number of hydrogen-bond acceptors (Lipinski definition) is 11. The Bertz CT molecular complexity index is 1020. The highest BCUT2D eigenvalue weighted by Gasteiger charge is 2.45. The Kier molecular flexibility index (Phi) is 15.4. The van der Waals surface area contributed by atoms with Crippen molar-refractivity contribution in [2.24, 2.45) is 0 Å². The van der Waals surface area contributed by atoms with E-state index in [1.807, 2.05) is 0 Å². The van der Waals surface area contributed by atoms with Gasteiger partial charge in [-0.25, -0.2) is 0 Å². The molecule has 1 aromatic carbocycles. The van der Waals surface area contributed by atoms with Gasteiger partial charge in [0.2, 0.25) is 11.8 Å². The maximum absolute atomic E-state index is 13.1. The summed E-state index contributed by atoms with van der Waals surface area (Å²) in [5.74, 6) is -2.14. The van der Waals surface area contributed by atoms with Crippen molar-refractivity contribution in [2.75, 3.05) is 91.1 Å². The van der Waals surface area contributed by atoms with Crippen LogP contribution in [0.5, 0.6) is 0 Å². The van der Waals surface area contributed by atoms with E-state index in [0.29, 0.717) is 84.9 Å². The number of hydrogen-bond donors (Lipinski definition) is 2. The highest BCUT2D eigenvalue weighted by atomic mass is 16.6. The summed E-state index contributed by atoms with van der Waals surface area (Å²) in [7, 11) is 0. The molecule has 2 N–H and O–H groups in total. The van der Waals surface area contributed by atoms with Crippen LogP contribution in [-0.2, 0) is 38.0 Å². The van der Waals surface area contributed by atoms with E-state index >= 15 is 0 Å². The minimum atomic E-state index is -0.999. The number of piperidine rings is 1. The highest BCUT2D eigenvalue weighted by Crippen LogP contribution is 2.32. The molecule has 1 atom stereocenters. The van der Waals surface area contributed by atoms with Crippen molar-refractivity contribution in [1.82, 2.24) is 10.2 Å². The molecule has 42 heavy (non-hydrogen) atoms. The Hall–Kier alpha value is -2.94. The van der Waals surface area contributed by atoms with Gasteiger partial charge in [0.15, 0.2) is 0 Å². The third-order valence-electron chi connectivity index (χ3n) is 6.53. The van der Waals surface area contributed by atoms with Crippen LogP contribution >= 0.6 is 0 Å². The number of imide groups is 2. The van der Waals surface area contributed by atoms with E-state index in [0.717, 1.165) is 24.3 Å². The largest absolute Gasteiger partial charge is 0.382 e. The molecule has 234 valence electrons. The number of fused-ring (bicyclic) bond motifs is 1. The number of anilines is 1. The Labute approximate surface area is 246 Å². The lowest BCUT2D eigenvalue weighted by Crippen LogP contribution is -2.54. The first-order chi connectivity index (χ1) is 20.5. The minimum Gasteiger partial charge on any atom is -0.382 e. The molecule has 1 saturated heterocycles. The van der Waals surface area contributed by atoms with Crippen molar-refractivity contribution < 1.29 is 47.6 Å². The average molecular weight is 594 g/mol. The molecule has 1 unspecified atom stereocenters. The molecule has 1 fully saturated rings. The van der Waals surface area contributed by atoms with Crippen molar-refractivity contribution in [3.63, 3.8) is 0 Å². The smallest absolute Gasteiger partial charge is 0.264 e. The normalized spacial score (nSPS) is 16.7. The molecular weight excluding hydrogens is 550 g/mol. The lowest BCUT2D eigenvalue weighted by Gasteiger charge is -2.27. The SMILES string of the molecule is CCCCOCCOCCOCCOCCOCCOCCNc1cccc2c1C(=O)N(C1CCC(=O)NC1=O)C2=O. The van der Waals surface area contributed by atoms with Gasteiger partial charge in [-0.2, -0.15) is 0 Å². The van der Waals surface area contributed by atoms with Gasteiger partial charge in [0.1, 0.15) is 6.04 Å². The van der Waals surface area contributed by atoms with Crippen LogP contribution in [0.3, 0.4) is 0 Å². The first kappa shape index (κ1) is 33.6. The maximum atomic E-state index is 13.1. The second-order valence-corrected chi connectivity index (χ2v) is 9.63. The van der Waals surface area contributed by atoms with Gasteiger partial charge in [-0.1, -0.05) is 19.4 Å². The molecule has 1 aromatic rings. The molecule has 0 aromatic heterocycles. The van der Waals surface area contributed by atoms with E-state index < -0.39 is 29.7 Å². The van der Waals surface area contributed by atoms with Crippen LogP contribution in [0, 0.1) is 0 Å². The van der Waals surface area contributed by atoms with Crippen molar-refractivity contribution in [2.45, 2.75) is 38.6 Å². The molecule has 3 rings (SSSR count). The van der Waals surface area contributed by atoms with Crippen LogP contribution in [0.15, 0.2) is 18.2 Å². The molecule has 0 spiro atoms. The predicted octanol–water partition coefficient (Wildman–Crippen LogP) is 1.40. The van der Waals surface area contributed by atoms with Crippen LogP contribution in [0.1, 0.15) is 53.3 Å². The van der Waals surface area contributed by atoms with Gasteiger partial charge in [0.05, 0.1) is 83.8 Å². The molecule has 0 aliphatic carbocycles. The van der Waals surface area contributed by atoms with E-state index in [1.54, 1.807) is 18.2 Å². The van der Waals surface area contributed by atoms with Gasteiger partial charge in [-0.3, -0.25) is 29.4 Å². The third kappa shape index (κ3) is 10.7. The summed E-state index contributed by atoms with van der Waals surface area (Å²) >= 11 is 0. The van der Waals surface area contributed by atoms with Crippen LogP contribution in [-0.4, -0.2) is 120 Å². The summed E-state index contributed by atoms with van der Waals surface area (Å²) in [5.41, 5.74) is 0.935. The number of unbranched alkanes of at least 4 members (excludes halogenated alkanes) is 1. The second-order valence-electron chi connectivity index (χ2n) is 9.63. The summed E-state index contributed by atoms with van der Waals surface area (Å²) in [5, 5.41) is 5.33. The van der Waals surface area contributed by atoms with E-state index in [4.69, 9.17) is 28.4 Å². The predicted molar refractivity (Wildman–Crippen MR) is 151 cm³/mol. The van der Waals surface area contributed by atoms with Gasteiger partial charge < -0.3 is 33.7 Å². The first-order valence-corrected chi connectivity index (χ1v) is 14.6. The molecule has 2 heterocycles. The standard InChI is InChI=1S/C29H43N3O10/c1-2-3-10-37-12-14-39-16-18-41-20-21-42-19-17-40-15-13-38-11-9-30-23-6-4-5-22-26(23)29(36)32(28(22)35)24-7-8-25(33)31-27(24)34/h4-6,24,30H,2-3,7-21H2,1H3,(H,31,33,34). The maximum Gasteiger partial charge on any atom is 0.264 e. The Morgan fingerprint density at radius 1 is 0.762 bits per heavy atom. The molecule has 13 heteroatoms. The van der Waals surface area contributed by atoms with E-state index in [-0.39, 0.29) is 24.0 Å². The van der Waals surface area contributed by atoms with Gasteiger partial charge >= 0.3 is 0 Å². The topological polar surface area (TPSA) is 151 Å². The summed E-state index contributed by atoms with van der Waals surface area (Å²) in [6.07, 6.45) is 2.39. The third-order valence-corrected chi connectivity index (χ3v) is 6.53. The molecule has 13 nitrogen and oxygen atoms in total. The molecule has 0 saturated carbocycles. The minimum absolute atomic E-state index is 0.0740. The van der Waals surface area contributed by atoms with Crippen molar-refractivity contribution in [3.8, 4) is 0 Å². The van der Waals surface area contributed by atoms with E-state index in [2.05, 4.69) is 17.6 Å². The molecular formula is C29H43N3O10. The lowest BCUT2D eigenvalue weighted by atomic mass is 10.0. The summed E-state index contributed by atoms with van der Waals surface area (Å²) in [4.78, 5) is 50.7. The zero-order valence-corrected chi connectivity index (χ0v) is 24.4. The average Bonchev–Trinajstić information content (AvgIpc) is 3.23. The molecule has 0 radical (unpaired) electrons. The number of ether oxygens (including phenoxy) is 6. The Balaban J connectivity index is 1.17. The van der Waals surface area contributed by atoms with Crippen LogP contribution in [0.2, 0.25) is 0 Å². The Morgan fingerprint density at radius 2 is 1.31 bits per heavy atom. The Morgan fingerprint density at radius 3 is 1.86 bits per heavy atom. The lowest BCUT2D eigenvalue weighted by molar-refractivity contribution is -0.136. The zero-order chi connectivity index (χ0) is 30.0. The summed E-state index contributed by atoms with van der Waals surface area (Å²) in [6, 6.07) is 3.93. The summed E-state index contributed by atoms with van der Waals surface area (Å²) in [6.45, 7) is 8.58. The molecule has 2 aliphatic rings. The van der Waals surface area contributed by atoms with Crippen molar-refractivity contribution in [3.05, 3.63) is 29.3 Å². The fourth-order valence-corrected chi connectivity index (χ4v) is 4.37. The number of rotatable bonds is 23. The van der Waals surface area contributed by atoms with E-state index in [9.17, 15) is 19.2 Å². The van der Waals surface area contributed by atoms with E-state index in [1.165, 1.54) is 0 Å². The molecule has 2 aliphatic heterocycles. The summed E-state index contributed by atoms with van der Waals surface area (Å²) < 4.78 is 32.8. The molecule has 4 amide bonds. The van der Waals surface area contributed by atoms with Crippen molar-refractivity contribution >= 4 is 29.3 Å². The van der Waals surface area contributed by atoms with Crippen LogP contribution in [0.25, 0.3) is 0 Å². The van der Waals surface area contributed by atoms with Gasteiger partial charge in [0, 0.05) is 25.3 Å². The zero-order valence-electron chi connectivity index (χ0n) is 24.4. The fraction of sp³-hybridized carbons (Fsp3) is 0.655. The van der Waals surface area contributed by atoms with Gasteiger partial charge in [-0.15, -0.1) is 0 Å². The number of nitrogens with zero attached hydrogens (tertiary/aromatic N) is 1. The van der Waals surface area contributed by atoms with Crippen LogP contribution < -0.4 is 10.6 Å². The fourth-order valence-electron chi connectivity index (χ4n) is 4.37. The highest BCUT2D eigenvalue weighted by molar-refractivity contribution is 6.25. The first-order valence-electron chi connectivity index (χ1n) is 14.6. The number of benzene rings is 1. The van der Waals surface area contributed by atoms with Crippen molar-refractivity contribution in [1.29, 1.82) is 0 Å². The van der Waals surface area contributed by atoms with Crippen LogP contribution in [0.4, 0.5) is 5.69 Å². The number of amides is 4. The molecule has 0 bridgehead atoms. The number of carbonyl (C=O) groups excluding carboxylic acids is 4. The number of nitrogens with one attached hydrogen (secondary N) is 2. The quantitative estimate of drug-likeness (QED) is 0.140. The second kappa shape index (κ2) is 19.3. The monoisotopic (exact) mass is 593 g/mol. The van der Waals surface area contributed by atoms with Gasteiger partial charge in [-0.05, 0) is 25.0 Å².